The number of thioether (sulfide) groups is 2. The van der Waals surface area contributed by atoms with Crippen molar-refractivity contribution in [3.05, 3.63) is 0 Å². The van der Waals surface area contributed by atoms with E-state index >= 15 is 0 Å². The monoisotopic (exact) mass is 232 g/mol. The molecule has 4 heteroatoms. The van der Waals surface area contributed by atoms with E-state index < -0.39 is 0 Å². The molecule has 0 saturated carbocycles. The Morgan fingerprint density at radius 2 is 2.43 bits per heavy atom. The summed E-state index contributed by atoms with van der Waals surface area (Å²) in [5.41, 5.74) is 0. The Kier molecular flexibility index (Phi) is 5.78. The third-order valence-electron chi connectivity index (χ3n) is 2.11. The number of nitrogens with one attached hydrogen (secondary N) is 1. The molecule has 0 radical (unpaired) electrons. The van der Waals surface area contributed by atoms with Gasteiger partial charge in [0.2, 0.25) is 0 Å². The Morgan fingerprint density at radius 3 is 3.00 bits per heavy atom. The predicted molar refractivity (Wildman–Crippen MR) is 69.6 cm³/mol. The van der Waals surface area contributed by atoms with Gasteiger partial charge >= 0.3 is 0 Å². The van der Waals surface area contributed by atoms with Crippen molar-refractivity contribution in [3.8, 4) is 0 Å². The first kappa shape index (κ1) is 12.2. The summed E-state index contributed by atoms with van der Waals surface area (Å²) in [5.74, 6) is 2.37. The molecular formula is C10H20N2S2. The fourth-order valence-corrected chi connectivity index (χ4v) is 2.98. The Labute approximate surface area is 95.7 Å². The summed E-state index contributed by atoms with van der Waals surface area (Å²) in [6, 6.07) is 0.543. The summed E-state index contributed by atoms with van der Waals surface area (Å²) in [6.07, 6.45) is 1.22. The molecule has 0 aromatic carbocycles. The minimum atomic E-state index is 0.543. The van der Waals surface area contributed by atoms with Gasteiger partial charge in [0.05, 0.1) is 6.54 Å². The third kappa shape index (κ3) is 4.13. The zero-order chi connectivity index (χ0) is 10.4. The van der Waals surface area contributed by atoms with Gasteiger partial charge in [0, 0.05) is 17.0 Å². The van der Waals surface area contributed by atoms with Gasteiger partial charge in [0.15, 0.2) is 5.17 Å². The summed E-state index contributed by atoms with van der Waals surface area (Å²) in [4.78, 5) is 4.50. The molecule has 82 valence electrons. The van der Waals surface area contributed by atoms with Gasteiger partial charge in [-0.2, -0.15) is 11.8 Å². The van der Waals surface area contributed by atoms with Crippen molar-refractivity contribution < 1.29 is 0 Å². The molecule has 14 heavy (non-hydrogen) atoms. The summed E-state index contributed by atoms with van der Waals surface area (Å²) < 4.78 is 0. The zero-order valence-electron chi connectivity index (χ0n) is 9.25. The summed E-state index contributed by atoms with van der Waals surface area (Å²) in [6.45, 7) is 7.65. The highest BCUT2D eigenvalue weighted by atomic mass is 32.2. The van der Waals surface area contributed by atoms with Crippen LogP contribution >= 0.6 is 23.5 Å². The number of aliphatic imine (C=N–C) groups is 1. The van der Waals surface area contributed by atoms with E-state index in [9.17, 15) is 0 Å². The number of rotatable bonds is 5. The molecule has 1 rings (SSSR count). The molecule has 0 amide bonds. The van der Waals surface area contributed by atoms with Gasteiger partial charge in [0.25, 0.3) is 0 Å². The number of amidine groups is 1. The van der Waals surface area contributed by atoms with E-state index in [1.165, 1.54) is 17.9 Å². The van der Waals surface area contributed by atoms with Gasteiger partial charge in [-0.15, -0.1) is 0 Å². The maximum Gasteiger partial charge on any atom is 0.157 e. The van der Waals surface area contributed by atoms with Crippen molar-refractivity contribution in [2.75, 3.05) is 18.1 Å². The van der Waals surface area contributed by atoms with Crippen molar-refractivity contribution in [2.45, 2.75) is 38.5 Å². The highest BCUT2D eigenvalue weighted by molar-refractivity contribution is 8.14. The smallest absolute Gasteiger partial charge is 0.157 e. The average Bonchev–Trinajstić information content (AvgIpc) is 2.62. The lowest BCUT2D eigenvalue weighted by Crippen LogP contribution is -2.31. The molecule has 1 aliphatic heterocycles. The second kappa shape index (κ2) is 6.62. The van der Waals surface area contributed by atoms with E-state index in [2.05, 4.69) is 31.1 Å². The molecule has 1 aliphatic rings. The average molecular weight is 232 g/mol. The van der Waals surface area contributed by atoms with Gasteiger partial charge < -0.3 is 5.32 Å². The van der Waals surface area contributed by atoms with Crippen LogP contribution in [0.2, 0.25) is 0 Å². The van der Waals surface area contributed by atoms with E-state index in [1.54, 1.807) is 0 Å². The van der Waals surface area contributed by atoms with Crippen LogP contribution in [0.25, 0.3) is 0 Å². The molecule has 0 saturated heterocycles. The van der Waals surface area contributed by atoms with Crippen LogP contribution in [0, 0.1) is 0 Å². The van der Waals surface area contributed by atoms with E-state index in [1.807, 2.05) is 23.5 Å². The first-order chi connectivity index (χ1) is 6.76. The third-order valence-corrected chi connectivity index (χ3v) is 4.54. The van der Waals surface area contributed by atoms with E-state index in [0.717, 1.165) is 11.7 Å². The second-order valence-corrected chi connectivity index (χ2v) is 6.11. The number of hydrogen-bond donors (Lipinski definition) is 1. The van der Waals surface area contributed by atoms with Gasteiger partial charge in [-0.1, -0.05) is 25.6 Å². The standard InChI is InChI=1S/C10H20N2S2/c1-4-9-6-11-10(14-9)12-8(3)7-13-5-2/h8-9H,4-7H2,1-3H3,(H,11,12). The van der Waals surface area contributed by atoms with E-state index in [4.69, 9.17) is 0 Å². The Balaban J connectivity index is 2.18. The highest BCUT2D eigenvalue weighted by Gasteiger charge is 2.18. The zero-order valence-corrected chi connectivity index (χ0v) is 10.9. The van der Waals surface area contributed by atoms with Crippen LogP contribution in [0.4, 0.5) is 0 Å². The lowest BCUT2D eigenvalue weighted by atomic mass is 10.3. The molecule has 0 spiro atoms. The molecule has 0 bridgehead atoms. The van der Waals surface area contributed by atoms with Crippen molar-refractivity contribution in [1.82, 2.24) is 5.32 Å². The minimum absolute atomic E-state index is 0.543. The highest BCUT2D eigenvalue weighted by Crippen LogP contribution is 2.22. The van der Waals surface area contributed by atoms with Gasteiger partial charge in [-0.25, -0.2) is 0 Å². The van der Waals surface area contributed by atoms with Crippen LogP contribution in [0.3, 0.4) is 0 Å². The summed E-state index contributed by atoms with van der Waals surface area (Å²) in [7, 11) is 0. The SMILES string of the molecule is CCSCC(C)NC1=NCC(CC)S1. The fraction of sp³-hybridized carbons (Fsp3) is 0.900. The van der Waals surface area contributed by atoms with Gasteiger partial charge in [-0.05, 0) is 19.1 Å². The summed E-state index contributed by atoms with van der Waals surface area (Å²) in [5, 5.41) is 5.34. The van der Waals surface area contributed by atoms with E-state index in [-0.39, 0.29) is 0 Å². The van der Waals surface area contributed by atoms with Crippen LogP contribution in [0.5, 0.6) is 0 Å². The molecule has 2 nitrogen and oxygen atoms in total. The van der Waals surface area contributed by atoms with Gasteiger partial charge in [-0.3, -0.25) is 4.99 Å². The van der Waals surface area contributed by atoms with E-state index in [0.29, 0.717) is 11.3 Å². The van der Waals surface area contributed by atoms with Crippen LogP contribution in [-0.2, 0) is 0 Å². The Morgan fingerprint density at radius 1 is 1.64 bits per heavy atom. The second-order valence-electron chi connectivity index (χ2n) is 3.50. The molecule has 1 N–H and O–H groups in total. The van der Waals surface area contributed by atoms with Crippen LogP contribution in [0.1, 0.15) is 27.2 Å². The van der Waals surface area contributed by atoms with Gasteiger partial charge in [0.1, 0.15) is 0 Å². The molecular weight excluding hydrogens is 212 g/mol. The topological polar surface area (TPSA) is 24.4 Å². The minimum Gasteiger partial charge on any atom is -0.362 e. The molecule has 2 atom stereocenters. The lowest BCUT2D eigenvalue weighted by Gasteiger charge is -2.14. The Hall–Kier alpha value is 0.170. The Bertz CT molecular complexity index is 195. The van der Waals surface area contributed by atoms with Crippen molar-refractivity contribution in [2.24, 2.45) is 4.99 Å². The van der Waals surface area contributed by atoms with Crippen LogP contribution in [-0.4, -0.2) is 34.5 Å². The molecule has 2 unspecified atom stereocenters. The quantitative estimate of drug-likeness (QED) is 0.788. The molecule has 0 aromatic heterocycles. The summed E-state index contributed by atoms with van der Waals surface area (Å²) >= 11 is 3.88. The van der Waals surface area contributed by atoms with Crippen LogP contribution < -0.4 is 5.32 Å². The molecule has 0 aliphatic carbocycles. The first-order valence-electron chi connectivity index (χ1n) is 5.31. The normalized spacial score (nSPS) is 23.4. The van der Waals surface area contributed by atoms with Crippen molar-refractivity contribution in [3.63, 3.8) is 0 Å². The maximum atomic E-state index is 4.50. The number of hydrogen-bond acceptors (Lipinski definition) is 4. The number of nitrogens with zero attached hydrogens (tertiary/aromatic N) is 1. The molecule has 0 fully saturated rings. The molecule has 1 heterocycles. The van der Waals surface area contributed by atoms with Crippen molar-refractivity contribution >= 4 is 28.7 Å². The fourth-order valence-electron chi connectivity index (χ4n) is 1.26. The van der Waals surface area contributed by atoms with Crippen LogP contribution in [0.15, 0.2) is 4.99 Å². The predicted octanol–water partition coefficient (Wildman–Crippen LogP) is 2.60. The van der Waals surface area contributed by atoms with Crippen molar-refractivity contribution in [1.29, 1.82) is 0 Å². The first-order valence-corrected chi connectivity index (χ1v) is 7.35. The lowest BCUT2D eigenvalue weighted by molar-refractivity contribution is 0.749. The molecule has 0 aromatic rings. The largest absolute Gasteiger partial charge is 0.362 e. The maximum absolute atomic E-state index is 4.50.